The van der Waals surface area contributed by atoms with Crippen molar-refractivity contribution in [2.24, 2.45) is 10.8 Å². The number of ketones is 2. The van der Waals surface area contributed by atoms with E-state index in [0.717, 1.165) is 48.5 Å². The Morgan fingerprint density at radius 2 is 1.62 bits per heavy atom. The Balaban J connectivity index is 1.48. The first-order chi connectivity index (χ1) is 16.4. The average Bonchev–Trinajstić information content (AvgIpc) is 3.34. The fourth-order valence-electron chi connectivity index (χ4n) is 3.93. The molecular formula is C23H19Cl2N5O2S2. The Kier molecular flexibility index (Phi) is 6.52. The first-order valence-corrected chi connectivity index (χ1v) is 13.0. The molecule has 1 aromatic carbocycles. The summed E-state index contributed by atoms with van der Waals surface area (Å²) in [7, 11) is 0. The Bertz CT molecular complexity index is 1290. The van der Waals surface area contributed by atoms with Gasteiger partial charge in [0.15, 0.2) is 10.3 Å². The minimum absolute atomic E-state index is 0.0185. The Labute approximate surface area is 214 Å². The van der Waals surface area contributed by atoms with Crippen LogP contribution < -0.4 is 15.6 Å². The summed E-state index contributed by atoms with van der Waals surface area (Å²) in [5.74, 6) is -1.04. The normalized spacial score (nSPS) is 19.6. The monoisotopic (exact) mass is 531 g/mol. The minimum atomic E-state index is -0.532. The predicted molar refractivity (Wildman–Crippen MR) is 140 cm³/mol. The molecule has 3 aliphatic rings. The fraction of sp³-hybridized carbons (Fsp3) is 0.217. The molecule has 2 aromatic rings. The summed E-state index contributed by atoms with van der Waals surface area (Å²) < 4.78 is 0. The Morgan fingerprint density at radius 3 is 2.35 bits per heavy atom. The smallest absolute Gasteiger partial charge is 0.208 e. The van der Waals surface area contributed by atoms with Crippen molar-refractivity contribution in [3.8, 4) is 0 Å². The largest absolute Gasteiger partial charge is 0.377 e. The second-order valence-electron chi connectivity index (χ2n) is 7.80. The summed E-state index contributed by atoms with van der Waals surface area (Å²) in [4.78, 5) is 34.3. The number of benzene rings is 1. The molecule has 0 bridgehead atoms. The molecule has 11 heteroatoms. The zero-order chi connectivity index (χ0) is 23.8. The van der Waals surface area contributed by atoms with Crippen molar-refractivity contribution >= 4 is 79.4 Å². The summed E-state index contributed by atoms with van der Waals surface area (Å²) in [6.45, 7) is 1.84. The van der Waals surface area contributed by atoms with Crippen molar-refractivity contribution in [3.05, 3.63) is 68.1 Å². The van der Waals surface area contributed by atoms with E-state index in [2.05, 4.69) is 15.0 Å². The van der Waals surface area contributed by atoms with Crippen molar-refractivity contribution < 1.29 is 9.59 Å². The molecule has 174 valence electrons. The van der Waals surface area contributed by atoms with Crippen LogP contribution in [0.5, 0.6) is 0 Å². The third-order valence-electron chi connectivity index (χ3n) is 5.59. The number of carbonyl (C=O) groups is 2. The number of hydrogen-bond donors (Lipinski definition) is 1. The lowest BCUT2D eigenvalue weighted by Crippen LogP contribution is -2.29. The van der Waals surface area contributed by atoms with E-state index in [0.29, 0.717) is 9.78 Å². The van der Waals surface area contributed by atoms with Crippen LogP contribution in [0.4, 0.5) is 10.8 Å². The van der Waals surface area contributed by atoms with Gasteiger partial charge in [-0.2, -0.15) is 0 Å². The maximum atomic E-state index is 13.4. The van der Waals surface area contributed by atoms with E-state index in [9.17, 15) is 9.59 Å². The number of para-hydroxylation sites is 1. The highest BCUT2D eigenvalue weighted by molar-refractivity contribution is 8.17. The molecule has 0 saturated carbocycles. The highest BCUT2D eigenvalue weighted by Gasteiger charge is 2.38. The Hall–Kier alpha value is -2.59. The van der Waals surface area contributed by atoms with E-state index < -0.39 is 11.6 Å². The number of thiazole rings is 1. The van der Waals surface area contributed by atoms with Gasteiger partial charge in [0, 0.05) is 30.4 Å². The molecule has 1 aliphatic carbocycles. The fourth-order valence-corrected chi connectivity index (χ4v) is 6.43. The molecule has 1 aromatic heterocycles. The van der Waals surface area contributed by atoms with Gasteiger partial charge in [0.2, 0.25) is 11.6 Å². The van der Waals surface area contributed by atoms with Gasteiger partial charge in [-0.1, -0.05) is 52.7 Å². The number of amidine groups is 1. The van der Waals surface area contributed by atoms with Gasteiger partial charge in [0.1, 0.15) is 10.1 Å². The molecule has 0 spiro atoms. The number of allylic oxidation sites excluding steroid dienone is 4. The SMILES string of the molecule is NC1=NN(c2ccccc2)C=C(C2=C(Cl)C(=O)C(c3cnc(N4CCCCC4)s3)=C(Cl)C2=O)S1. The molecular weight excluding hydrogens is 513 g/mol. The molecule has 1 saturated heterocycles. The predicted octanol–water partition coefficient (Wildman–Crippen LogP) is 5.05. The van der Waals surface area contributed by atoms with Crippen LogP contribution in [0, 0.1) is 0 Å². The molecule has 1 fully saturated rings. The van der Waals surface area contributed by atoms with E-state index in [1.165, 1.54) is 22.8 Å². The average molecular weight is 532 g/mol. The van der Waals surface area contributed by atoms with E-state index >= 15 is 0 Å². The molecule has 0 unspecified atom stereocenters. The minimum Gasteiger partial charge on any atom is -0.377 e. The van der Waals surface area contributed by atoms with E-state index in [1.807, 2.05) is 30.3 Å². The second-order valence-corrected chi connectivity index (χ2v) is 10.6. The molecule has 34 heavy (non-hydrogen) atoms. The number of nitrogens with zero attached hydrogens (tertiary/aromatic N) is 4. The zero-order valence-corrected chi connectivity index (χ0v) is 21.0. The molecule has 0 radical (unpaired) electrons. The number of aromatic nitrogens is 1. The van der Waals surface area contributed by atoms with Crippen molar-refractivity contribution in [2.45, 2.75) is 19.3 Å². The Morgan fingerprint density at radius 1 is 0.941 bits per heavy atom. The maximum Gasteiger partial charge on any atom is 0.208 e. The van der Waals surface area contributed by atoms with Gasteiger partial charge in [-0.3, -0.25) is 9.59 Å². The molecule has 0 amide bonds. The number of halogens is 2. The van der Waals surface area contributed by atoms with E-state index in [-0.39, 0.29) is 26.4 Å². The van der Waals surface area contributed by atoms with Crippen molar-refractivity contribution in [2.75, 3.05) is 23.0 Å². The number of rotatable bonds is 4. The van der Waals surface area contributed by atoms with E-state index in [4.69, 9.17) is 28.9 Å². The molecule has 5 rings (SSSR count). The van der Waals surface area contributed by atoms with Gasteiger partial charge in [-0.05, 0) is 43.2 Å². The number of Topliss-reactive ketones (excluding diaryl/α,β-unsaturated/α-hetero) is 2. The van der Waals surface area contributed by atoms with Gasteiger partial charge < -0.3 is 10.6 Å². The molecule has 3 heterocycles. The number of hydrogen-bond acceptors (Lipinski definition) is 9. The number of nitrogens with two attached hydrogens (primary N) is 1. The van der Waals surface area contributed by atoms with Crippen LogP contribution in [0.3, 0.4) is 0 Å². The van der Waals surface area contributed by atoms with Gasteiger partial charge >= 0.3 is 0 Å². The topological polar surface area (TPSA) is 91.9 Å². The number of piperidine rings is 1. The van der Waals surface area contributed by atoms with Gasteiger partial charge in [-0.25, -0.2) is 9.99 Å². The lowest BCUT2D eigenvalue weighted by molar-refractivity contribution is -0.114. The van der Waals surface area contributed by atoms with Crippen LogP contribution in [0.25, 0.3) is 5.57 Å². The summed E-state index contributed by atoms with van der Waals surface area (Å²) in [6, 6.07) is 9.29. The first kappa shape index (κ1) is 23.2. The lowest BCUT2D eigenvalue weighted by atomic mass is 9.95. The standard InChI is InChI=1S/C23H19Cl2N5O2S2/c24-18-16(14-11-27-23(34-14)29-9-5-2-6-10-29)20(31)19(25)17(21(18)32)15-12-30(28-22(26)33-15)13-7-3-1-4-8-13/h1,3-4,7-8,11-12H,2,5-6,9-10H2,(H2,26,28). The number of anilines is 2. The highest BCUT2D eigenvalue weighted by Crippen LogP contribution is 2.43. The van der Waals surface area contributed by atoms with Crippen LogP contribution in [-0.4, -0.2) is 34.8 Å². The van der Waals surface area contributed by atoms with Crippen LogP contribution in [0.2, 0.25) is 0 Å². The quantitative estimate of drug-likeness (QED) is 0.551. The molecule has 2 N–H and O–H groups in total. The molecule has 2 aliphatic heterocycles. The van der Waals surface area contributed by atoms with Crippen molar-refractivity contribution in [3.63, 3.8) is 0 Å². The molecule has 7 nitrogen and oxygen atoms in total. The molecule has 0 atom stereocenters. The number of thioether (sulfide) groups is 1. The van der Waals surface area contributed by atoms with Crippen molar-refractivity contribution in [1.82, 2.24) is 4.98 Å². The van der Waals surface area contributed by atoms with Crippen LogP contribution >= 0.6 is 46.3 Å². The van der Waals surface area contributed by atoms with Crippen molar-refractivity contribution in [1.29, 1.82) is 0 Å². The third kappa shape index (κ3) is 4.29. The number of hydrazone groups is 1. The third-order valence-corrected chi connectivity index (χ3v) is 8.20. The van der Waals surface area contributed by atoms with Gasteiger partial charge in [0.25, 0.3) is 0 Å². The number of carbonyl (C=O) groups excluding carboxylic acids is 2. The summed E-state index contributed by atoms with van der Waals surface area (Å²) in [5.41, 5.74) is 6.87. The van der Waals surface area contributed by atoms with Crippen LogP contribution in [-0.2, 0) is 9.59 Å². The maximum absolute atomic E-state index is 13.4. The lowest BCUT2D eigenvalue weighted by Gasteiger charge is -2.26. The second kappa shape index (κ2) is 9.58. The van der Waals surface area contributed by atoms with Gasteiger partial charge in [0.05, 0.1) is 21.7 Å². The summed E-state index contributed by atoms with van der Waals surface area (Å²) >= 11 is 15.4. The van der Waals surface area contributed by atoms with E-state index in [1.54, 1.807) is 12.4 Å². The summed E-state index contributed by atoms with van der Waals surface area (Å²) in [6.07, 6.45) is 6.62. The zero-order valence-electron chi connectivity index (χ0n) is 17.8. The van der Waals surface area contributed by atoms with Crippen LogP contribution in [0.15, 0.2) is 68.4 Å². The summed E-state index contributed by atoms with van der Waals surface area (Å²) in [5, 5.41) is 6.48. The van der Waals surface area contributed by atoms with Gasteiger partial charge in [-0.15, -0.1) is 5.10 Å². The highest BCUT2D eigenvalue weighted by atomic mass is 35.5. The first-order valence-electron chi connectivity index (χ1n) is 10.6. The van der Waals surface area contributed by atoms with Crippen LogP contribution in [0.1, 0.15) is 24.1 Å².